The molecule has 0 aliphatic heterocycles. The molecule has 0 aliphatic rings. The Morgan fingerprint density at radius 3 is 2.39 bits per heavy atom. The summed E-state index contributed by atoms with van der Waals surface area (Å²) in [5.74, 6) is -0.600. The average molecular weight is 422 g/mol. The molecule has 0 saturated carbocycles. The lowest BCUT2D eigenvalue weighted by Crippen LogP contribution is -2.45. The molecule has 0 aliphatic carbocycles. The summed E-state index contributed by atoms with van der Waals surface area (Å²) in [6.07, 6.45) is 0. The maximum Gasteiger partial charge on any atom is 0.351 e. The van der Waals surface area contributed by atoms with Crippen LogP contribution in [0.5, 0.6) is 0 Å². The summed E-state index contributed by atoms with van der Waals surface area (Å²) in [5.41, 5.74) is 1.06. The second kappa shape index (κ2) is 9.99. The minimum absolute atomic E-state index is 0.311. The van der Waals surface area contributed by atoms with Crippen LogP contribution in [0.1, 0.15) is 28.5 Å². The summed E-state index contributed by atoms with van der Waals surface area (Å²) in [6, 6.07) is 17.2. The molecular weight excluding hydrogens is 394 g/mol. The molecule has 1 amide bonds. The van der Waals surface area contributed by atoms with Crippen molar-refractivity contribution in [2.75, 3.05) is 19.6 Å². The van der Waals surface area contributed by atoms with Gasteiger partial charge in [-0.05, 0) is 31.2 Å². The van der Waals surface area contributed by atoms with Crippen molar-refractivity contribution in [3.8, 4) is 5.69 Å². The van der Waals surface area contributed by atoms with Crippen LogP contribution >= 0.6 is 0 Å². The molecule has 31 heavy (non-hydrogen) atoms. The number of carbonyl (C=O) groups is 1. The summed E-state index contributed by atoms with van der Waals surface area (Å²) < 4.78 is 1.97. The Balaban J connectivity index is 1.73. The molecule has 0 atom stereocenters. The van der Waals surface area contributed by atoms with Gasteiger partial charge in [-0.15, -0.1) is 0 Å². The van der Waals surface area contributed by atoms with Crippen LogP contribution in [0.15, 0.2) is 64.2 Å². The normalized spacial score (nSPS) is 11.0. The van der Waals surface area contributed by atoms with Crippen LogP contribution in [0.2, 0.25) is 0 Å². The number of carbonyl (C=O) groups excluding carboxylic acids is 1. The molecule has 162 valence electrons. The Bertz CT molecular complexity index is 1150. The highest BCUT2D eigenvalue weighted by Crippen LogP contribution is 2.06. The molecule has 3 aromatic rings. The van der Waals surface area contributed by atoms with Crippen molar-refractivity contribution < 1.29 is 4.79 Å². The first-order valence-electron chi connectivity index (χ1n) is 10.2. The van der Waals surface area contributed by atoms with E-state index in [1.54, 1.807) is 12.1 Å². The van der Waals surface area contributed by atoms with E-state index in [-0.39, 0.29) is 5.69 Å². The van der Waals surface area contributed by atoms with Crippen molar-refractivity contribution in [3.63, 3.8) is 0 Å². The second-order valence-electron chi connectivity index (χ2n) is 7.35. The number of hydrogen-bond donors (Lipinski definition) is 1. The number of nitrogens with zero attached hydrogens (tertiary/aromatic N) is 4. The van der Waals surface area contributed by atoms with E-state index >= 15 is 0 Å². The van der Waals surface area contributed by atoms with Crippen LogP contribution in [0.3, 0.4) is 0 Å². The summed E-state index contributed by atoms with van der Waals surface area (Å²) in [6.45, 7) is 6.55. The van der Waals surface area contributed by atoms with Crippen LogP contribution in [-0.4, -0.2) is 44.8 Å². The molecule has 2 aromatic carbocycles. The van der Waals surface area contributed by atoms with E-state index in [1.807, 2.05) is 37.3 Å². The lowest BCUT2D eigenvalue weighted by Gasteiger charge is -2.20. The fourth-order valence-electron chi connectivity index (χ4n) is 3.17. The van der Waals surface area contributed by atoms with Gasteiger partial charge < -0.3 is 5.32 Å². The molecule has 1 N–H and O–H groups in total. The van der Waals surface area contributed by atoms with Gasteiger partial charge in [0.05, 0.1) is 5.69 Å². The zero-order valence-corrected chi connectivity index (χ0v) is 18.0. The largest absolute Gasteiger partial charge is 0.351 e. The van der Waals surface area contributed by atoms with Crippen molar-refractivity contribution in [2.24, 2.45) is 7.05 Å². The molecule has 8 nitrogen and oxygen atoms in total. The number of likely N-dealkylation sites (N-methyl/N-ethyl adjacent to an activating group) is 1. The molecule has 0 fully saturated rings. The van der Waals surface area contributed by atoms with E-state index in [9.17, 15) is 14.4 Å². The van der Waals surface area contributed by atoms with Crippen molar-refractivity contribution in [1.82, 2.24) is 24.6 Å². The van der Waals surface area contributed by atoms with Crippen LogP contribution in [0.4, 0.5) is 0 Å². The van der Waals surface area contributed by atoms with Gasteiger partial charge in [0.1, 0.15) is 0 Å². The number of amides is 1. The highest BCUT2D eigenvalue weighted by atomic mass is 16.2. The average Bonchev–Trinajstić information content (AvgIpc) is 2.78. The Labute approximate surface area is 180 Å². The minimum atomic E-state index is -0.720. The van der Waals surface area contributed by atoms with Gasteiger partial charge in [-0.3, -0.25) is 19.1 Å². The third-order valence-electron chi connectivity index (χ3n) is 5.08. The maximum atomic E-state index is 12.7. The standard InChI is InChI=1S/C23H27N5O3/c1-4-27(16-18-8-6-5-7-9-18)15-14-24-21(29)20-22(30)26(3)23(31)28(25-20)19-12-10-17(2)11-13-19/h5-13H,4,14-16H2,1-3H3,(H,24,29). The first kappa shape index (κ1) is 22.2. The van der Waals surface area contributed by atoms with Gasteiger partial charge in [-0.25, -0.2) is 4.79 Å². The Kier molecular flexibility index (Phi) is 7.15. The molecule has 1 heterocycles. The highest BCUT2D eigenvalue weighted by Gasteiger charge is 2.18. The Morgan fingerprint density at radius 1 is 1.06 bits per heavy atom. The summed E-state index contributed by atoms with van der Waals surface area (Å²) in [4.78, 5) is 39.8. The molecule has 0 saturated heterocycles. The van der Waals surface area contributed by atoms with Crippen molar-refractivity contribution in [3.05, 3.63) is 92.3 Å². The van der Waals surface area contributed by atoms with E-state index in [4.69, 9.17) is 0 Å². The van der Waals surface area contributed by atoms with Gasteiger partial charge in [0.15, 0.2) is 0 Å². The summed E-state index contributed by atoms with van der Waals surface area (Å²) in [5, 5.41) is 6.82. The molecule has 0 spiro atoms. The molecule has 0 radical (unpaired) electrons. The minimum Gasteiger partial charge on any atom is -0.349 e. The third kappa shape index (κ3) is 5.35. The highest BCUT2D eigenvalue weighted by molar-refractivity contribution is 5.91. The quantitative estimate of drug-likeness (QED) is 0.595. The number of nitrogens with one attached hydrogen (secondary N) is 1. The zero-order valence-electron chi connectivity index (χ0n) is 18.0. The number of aryl methyl sites for hydroxylation is 1. The zero-order chi connectivity index (χ0) is 22.4. The fourth-order valence-corrected chi connectivity index (χ4v) is 3.17. The number of rotatable bonds is 8. The molecule has 8 heteroatoms. The second-order valence-corrected chi connectivity index (χ2v) is 7.35. The fraction of sp³-hybridized carbons (Fsp3) is 0.304. The van der Waals surface area contributed by atoms with E-state index in [1.165, 1.54) is 12.6 Å². The first-order chi connectivity index (χ1) is 14.9. The summed E-state index contributed by atoms with van der Waals surface area (Å²) in [7, 11) is 1.34. The number of benzene rings is 2. The number of hydrogen-bond acceptors (Lipinski definition) is 5. The van der Waals surface area contributed by atoms with Gasteiger partial charge >= 0.3 is 5.69 Å². The lowest BCUT2D eigenvalue weighted by atomic mass is 10.2. The molecule has 0 bridgehead atoms. The van der Waals surface area contributed by atoms with Gasteiger partial charge in [0.25, 0.3) is 11.5 Å². The van der Waals surface area contributed by atoms with Crippen LogP contribution < -0.4 is 16.6 Å². The van der Waals surface area contributed by atoms with Crippen LogP contribution in [-0.2, 0) is 13.6 Å². The van der Waals surface area contributed by atoms with Crippen molar-refractivity contribution in [2.45, 2.75) is 20.4 Å². The Hall–Kier alpha value is -3.52. The Morgan fingerprint density at radius 2 is 1.74 bits per heavy atom. The molecule has 0 unspecified atom stereocenters. The van der Waals surface area contributed by atoms with E-state index in [2.05, 4.69) is 34.4 Å². The lowest BCUT2D eigenvalue weighted by molar-refractivity contribution is 0.0938. The summed E-state index contributed by atoms with van der Waals surface area (Å²) >= 11 is 0. The van der Waals surface area contributed by atoms with Crippen molar-refractivity contribution in [1.29, 1.82) is 0 Å². The van der Waals surface area contributed by atoms with Crippen LogP contribution in [0, 0.1) is 6.92 Å². The first-order valence-corrected chi connectivity index (χ1v) is 10.2. The van der Waals surface area contributed by atoms with E-state index in [0.29, 0.717) is 18.8 Å². The van der Waals surface area contributed by atoms with Crippen LogP contribution in [0.25, 0.3) is 5.69 Å². The van der Waals surface area contributed by atoms with Crippen molar-refractivity contribution >= 4 is 5.91 Å². The van der Waals surface area contributed by atoms with E-state index < -0.39 is 17.2 Å². The molecular formula is C23H27N5O3. The van der Waals surface area contributed by atoms with E-state index in [0.717, 1.165) is 27.9 Å². The predicted octanol–water partition coefficient (Wildman–Crippen LogP) is 1.49. The van der Waals surface area contributed by atoms with Gasteiger partial charge in [-0.1, -0.05) is 55.0 Å². The van der Waals surface area contributed by atoms with Gasteiger partial charge in [0.2, 0.25) is 5.69 Å². The SMILES string of the molecule is CCN(CCNC(=O)c1nn(-c2ccc(C)cc2)c(=O)n(C)c1=O)Cc1ccccc1. The topological polar surface area (TPSA) is 89.2 Å². The number of aromatic nitrogens is 3. The van der Waals surface area contributed by atoms with Gasteiger partial charge in [0, 0.05) is 26.7 Å². The molecule has 3 rings (SSSR count). The smallest absolute Gasteiger partial charge is 0.349 e. The third-order valence-corrected chi connectivity index (χ3v) is 5.08. The van der Waals surface area contributed by atoms with Gasteiger partial charge in [-0.2, -0.15) is 9.78 Å². The maximum absolute atomic E-state index is 12.7. The monoisotopic (exact) mass is 421 g/mol. The predicted molar refractivity (Wildman–Crippen MR) is 120 cm³/mol. The molecule has 1 aromatic heterocycles.